The van der Waals surface area contributed by atoms with Gasteiger partial charge in [0.2, 0.25) is 5.91 Å². The number of carbonyl (C=O) groups is 1. The minimum Gasteiger partial charge on any atom is -0.344 e. The Morgan fingerprint density at radius 2 is 1.68 bits per heavy atom. The van der Waals surface area contributed by atoms with Crippen LogP contribution in [0.15, 0.2) is 53.4 Å². The molecular weight excluding hydrogens is 360 g/mol. The summed E-state index contributed by atoms with van der Waals surface area (Å²) in [7, 11) is -3.33. The standard InChI is InChI=1S/C18H22N2O3S.ClH/c1-12-7-9-14(10-8-12)17(20-18(21)13(2)19)15-5-4-6-16(11-15)24(3,22)23;/h4-11,13,17H,19H2,1-3H3,(H,20,21);1H/t13-,17?;/m0./s1. The summed E-state index contributed by atoms with van der Waals surface area (Å²) in [5.74, 6) is -0.301. The number of amides is 1. The fourth-order valence-electron chi connectivity index (χ4n) is 2.32. The Labute approximate surface area is 155 Å². The number of nitrogens with one attached hydrogen (secondary N) is 1. The zero-order valence-corrected chi connectivity index (χ0v) is 16.0. The molecule has 0 aliphatic carbocycles. The van der Waals surface area contributed by atoms with Crippen LogP contribution in [0.5, 0.6) is 0 Å². The smallest absolute Gasteiger partial charge is 0.237 e. The highest BCUT2D eigenvalue weighted by atomic mass is 35.5. The number of hydrogen-bond donors (Lipinski definition) is 2. The predicted octanol–water partition coefficient (Wildman–Crippen LogP) is 2.37. The first-order chi connectivity index (χ1) is 11.2. The second-order valence-electron chi connectivity index (χ2n) is 5.99. The minimum absolute atomic E-state index is 0. The molecular formula is C18H23ClN2O3S. The molecule has 5 nitrogen and oxygen atoms in total. The Kier molecular flexibility index (Phi) is 7.17. The van der Waals surface area contributed by atoms with E-state index in [9.17, 15) is 13.2 Å². The fourth-order valence-corrected chi connectivity index (χ4v) is 2.99. The van der Waals surface area contributed by atoms with Crippen LogP contribution in [-0.4, -0.2) is 26.6 Å². The molecule has 2 atom stereocenters. The van der Waals surface area contributed by atoms with Gasteiger partial charge < -0.3 is 11.1 Å². The van der Waals surface area contributed by atoms with E-state index in [1.54, 1.807) is 31.2 Å². The van der Waals surface area contributed by atoms with Gasteiger partial charge in [0.25, 0.3) is 0 Å². The van der Waals surface area contributed by atoms with Gasteiger partial charge in [-0.05, 0) is 37.1 Å². The van der Waals surface area contributed by atoms with E-state index in [1.807, 2.05) is 31.2 Å². The van der Waals surface area contributed by atoms with Gasteiger partial charge in [0.05, 0.1) is 17.0 Å². The molecule has 3 N–H and O–H groups in total. The normalized spacial score (nSPS) is 13.4. The Morgan fingerprint density at radius 3 is 2.20 bits per heavy atom. The van der Waals surface area contributed by atoms with Crippen LogP contribution in [0, 0.1) is 6.92 Å². The van der Waals surface area contributed by atoms with E-state index in [1.165, 1.54) is 0 Å². The second kappa shape index (κ2) is 8.47. The van der Waals surface area contributed by atoms with E-state index in [-0.39, 0.29) is 23.2 Å². The Morgan fingerprint density at radius 1 is 1.08 bits per heavy atom. The molecule has 0 fully saturated rings. The van der Waals surface area contributed by atoms with Gasteiger partial charge in [-0.25, -0.2) is 8.42 Å². The van der Waals surface area contributed by atoms with Gasteiger partial charge in [-0.2, -0.15) is 0 Å². The maximum absolute atomic E-state index is 12.1. The Balaban J connectivity index is 0.00000312. The zero-order chi connectivity index (χ0) is 17.9. The van der Waals surface area contributed by atoms with E-state index in [0.717, 1.165) is 17.4 Å². The molecule has 2 aromatic rings. The van der Waals surface area contributed by atoms with Crippen molar-refractivity contribution in [2.45, 2.75) is 30.8 Å². The fraction of sp³-hybridized carbons (Fsp3) is 0.278. The summed E-state index contributed by atoms with van der Waals surface area (Å²) in [6, 6.07) is 13.2. The molecule has 0 aliphatic heterocycles. The van der Waals surface area contributed by atoms with E-state index in [2.05, 4.69) is 5.32 Å². The van der Waals surface area contributed by atoms with Crippen molar-refractivity contribution in [2.75, 3.05) is 6.26 Å². The van der Waals surface area contributed by atoms with Crippen molar-refractivity contribution in [2.24, 2.45) is 5.73 Å². The summed E-state index contributed by atoms with van der Waals surface area (Å²) in [6.07, 6.45) is 1.16. The number of hydrogen-bond acceptors (Lipinski definition) is 4. The lowest BCUT2D eigenvalue weighted by atomic mass is 9.97. The van der Waals surface area contributed by atoms with Crippen molar-refractivity contribution in [3.8, 4) is 0 Å². The topological polar surface area (TPSA) is 89.3 Å². The maximum Gasteiger partial charge on any atom is 0.237 e. The third kappa shape index (κ3) is 5.56. The number of rotatable bonds is 5. The van der Waals surface area contributed by atoms with Crippen molar-refractivity contribution in [3.63, 3.8) is 0 Å². The highest BCUT2D eigenvalue weighted by molar-refractivity contribution is 7.90. The van der Waals surface area contributed by atoms with E-state index in [0.29, 0.717) is 5.56 Å². The van der Waals surface area contributed by atoms with Gasteiger partial charge in [-0.3, -0.25) is 4.79 Å². The summed E-state index contributed by atoms with van der Waals surface area (Å²) in [5, 5.41) is 2.89. The van der Waals surface area contributed by atoms with Crippen molar-refractivity contribution >= 4 is 28.2 Å². The maximum atomic E-state index is 12.1. The molecule has 0 radical (unpaired) electrons. The van der Waals surface area contributed by atoms with Crippen molar-refractivity contribution in [1.82, 2.24) is 5.32 Å². The van der Waals surface area contributed by atoms with Gasteiger partial charge in [0.1, 0.15) is 0 Å². The van der Waals surface area contributed by atoms with Gasteiger partial charge in [0.15, 0.2) is 9.84 Å². The van der Waals surface area contributed by atoms with Crippen LogP contribution in [0.25, 0.3) is 0 Å². The predicted molar refractivity (Wildman–Crippen MR) is 102 cm³/mol. The quantitative estimate of drug-likeness (QED) is 0.830. The molecule has 2 aromatic carbocycles. The molecule has 0 bridgehead atoms. The van der Waals surface area contributed by atoms with Crippen molar-refractivity contribution < 1.29 is 13.2 Å². The number of benzene rings is 2. The molecule has 0 heterocycles. The average molecular weight is 383 g/mol. The monoisotopic (exact) mass is 382 g/mol. The van der Waals surface area contributed by atoms with Crippen LogP contribution < -0.4 is 11.1 Å². The zero-order valence-electron chi connectivity index (χ0n) is 14.4. The number of halogens is 1. The van der Waals surface area contributed by atoms with E-state index < -0.39 is 21.9 Å². The Hall–Kier alpha value is -1.89. The third-order valence-electron chi connectivity index (χ3n) is 3.73. The van der Waals surface area contributed by atoms with Crippen molar-refractivity contribution in [3.05, 3.63) is 65.2 Å². The van der Waals surface area contributed by atoms with Gasteiger partial charge in [0, 0.05) is 6.26 Å². The lowest BCUT2D eigenvalue weighted by Crippen LogP contribution is -2.40. The van der Waals surface area contributed by atoms with E-state index in [4.69, 9.17) is 5.73 Å². The molecule has 136 valence electrons. The number of aryl methyl sites for hydroxylation is 1. The first-order valence-corrected chi connectivity index (χ1v) is 9.50. The highest BCUT2D eigenvalue weighted by Gasteiger charge is 2.20. The SMILES string of the molecule is Cc1ccc(C(NC(=O)[C@H](C)N)c2cccc(S(C)(=O)=O)c2)cc1.Cl. The van der Waals surface area contributed by atoms with Gasteiger partial charge in [-0.15, -0.1) is 12.4 Å². The molecule has 1 unspecified atom stereocenters. The molecule has 0 saturated carbocycles. The van der Waals surface area contributed by atoms with Crippen LogP contribution in [0.2, 0.25) is 0 Å². The van der Waals surface area contributed by atoms with Crippen LogP contribution in [0.4, 0.5) is 0 Å². The van der Waals surface area contributed by atoms with Gasteiger partial charge in [-0.1, -0.05) is 42.0 Å². The summed E-state index contributed by atoms with van der Waals surface area (Å²) in [4.78, 5) is 12.3. The lowest BCUT2D eigenvalue weighted by molar-refractivity contribution is -0.122. The van der Waals surface area contributed by atoms with Crippen LogP contribution in [0.1, 0.15) is 29.7 Å². The molecule has 25 heavy (non-hydrogen) atoms. The van der Waals surface area contributed by atoms with E-state index >= 15 is 0 Å². The summed E-state index contributed by atoms with van der Waals surface area (Å²) >= 11 is 0. The molecule has 0 aliphatic rings. The van der Waals surface area contributed by atoms with Crippen LogP contribution >= 0.6 is 12.4 Å². The molecule has 7 heteroatoms. The summed E-state index contributed by atoms with van der Waals surface area (Å²) in [6.45, 7) is 3.58. The number of carbonyl (C=O) groups excluding carboxylic acids is 1. The number of nitrogens with two attached hydrogens (primary N) is 1. The summed E-state index contributed by atoms with van der Waals surface area (Å²) in [5.41, 5.74) is 8.31. The lowest BCUT2D eigenvalue weighted by Gasteiger charge is -2.21. The number of sulfone groups is 1. The largest absolute Gasteiger partial charge is 0.344 e. The first-order valence-electron chi connectivity index (χ1n) is 7.61. The molecule has 2 rings (SSSR count). The molecule has 0 aromatic heterocycles. The van der Waals surface area contributed by atoms with Crippen LogP contribution in [-0.2, 0) is 14.6 Å². The van der Waals surface area contributed by atoms with Gasteiger partial charge >= 0.3 is 0 Å². The minimum atomic E-state index is -3.33. The second-order valence-corrected chi connectivity index (χ2v) is 8.00. The van der Waals surface area contributed by atoms with Crippen LogP contribution in [0.3, 0.4) is 0 Å². The molecule has 0 spiro atoms. The molecule has 1 amide bonds. The first kappa shape index (κ1) is 21.2. The highest BCUT2D eigenvalue weighted by Crippen LogP contribution is 2.25. The third-order valence-corrected chi connectivity index (χ3v) is 4.84. The average Bonchev–Trinajstić information content (AvgIpc) is 2.52. The van der Waals surface area contributed by atoms with Crippen molar-refractivity contribution in [1.29, 1.82) is 0 Å². The summed E-state index contributed by atoms with van der Waals surface area (Å²) < 4.78 is 23.6. The Bertz CT molecular complexity index is 834. The molecule has 0 saturated heterocycles.